The maximum Gasteiger partial charge on any atom is 0.204 e. The van der Waals surface area contributed by atoms with Gasteiger partial charge in [0, 0.05) is 16.8 Å². The normalized spacial score (nSPS) is 21.5. The van der Waals surface area contributed by atoms with E-state index in [-0.39, 0.29) is 5.66 Å². The Hall–Kier alpha value is -1.40. The summed E-state index contributed by atoms with van der Waals surface area (Å²) >= 11 is 1.63. The number of aliphatic imine (C=N–C) groups is 1. The highest BCUT2D eigenvalue weighted by molar-refractivity contribution is 7.15. The Morgan fingerprint density at radius 1 is 1.33 bits per heavy atom. The molecular weight excluding hydrogens is 282 g/mol. The Kier molecular flexibility index (Phi) is 5.36. The van der Waals surface area contributed by atoms with Crippen LogP contribution >= 0.6 is 11.3 Å². The lowest BCUT2D eigenvalue weighted by molar-refractivity contribution is 0.405. The van der Waals surface area contributed by atoms with Gasteiger partial charge in [0.05, 0.1) is 0 Å². The minimum atomic E-state index is -0.320. The highest BCUT2D eigenvalue weighted by Gasteiger charge is 2.29. The number of nitrogens with one attached hydrogen (secondary N) is 3. The van der Waals surface area contributed by atoms with Crippen LogP contribution < -0.4 is 16.0 Å². The maximum atomic E-state index is 4.83. The lowest BCUT2D eigenvalue weighted by Crippen LogP contribution is -2.48. The number of rotatable bonds is 6. The van der Waals surface area contributed by atoms with Crippen LogP contribution in [0.25, 0.3) is 0 Å². The van der Waals surface area contributed by atoms with Crippen molar-refractivity contribution in [3.63, 3.8) is 0 Å². The average Bonchev–Trinajstić information content (AvgIpc) is 2.84. The minimum Gasteiger partial charge on any atom is -0.330 e. The third kappa shape index (κ3) is 4.04. The summed E-state index contributed by atoms with van der Waals surface area (Å²) in [6.07, 6.45) is 7.13. The fourth-order valence-electron chi connectivity index (χ4n) is 2.42. The number of nitrogens with zero attached hydrogens (tertiary/aromatic N) is 2. The molecule has 1 aromatic rings. The molecule has 1 unspecified atom stereocenters. The monoisotopic (exact) mass is 307 g/mol. The van der Waals surface area contributed by atoms with E-state index in [1.54, 1.807) is 11.3 Å². The second-order valence-corrected chi connectivity index (χ2v) is 6.45. The Balaban J connectivity index is 2.23. The fraction of sp³-hybridized carbons (Fsp3) is 0.600. The molecule has 0 amide bonds. The Morgan fingerprint density at radius 2 is 2.14 bits per heavy atom. The van der Waals surface area contributed by atoms with E-state index in [9.17, 15) is 0 Å². The summed E-state index contributed by atoms with van der Waals surface area (Å²) in [6, 6.07) is 0. The lowest BCUT2D eigenvalue weighted by atomic mass is 10.0. The van der Waals surface area contributed by atoms with E-state index in [1.165, 1.54) is 10.6 Å². The molecule has 0 saturated heterocycles. The standard InChI is InChI=1S/C15H25N5S/c1-5-8-12-9-15(6-2,17-7-3)20-13(18-12)19-14-16-10-11(4)21-14/h9-10,17H,5-8H2,1-4H3,(H2,16,18,19,20). The summed E-state index contributed by atoms with van der Waals surface area (Å²) in [7, 11) is 0. The number of likely N-dealkylation sites (N-methyl/N-ethyl adjacent to an activating group) is 1. The van der Waals surface area contributed by atoms with Crippen LogP contribution in [0.2, 0.25) is 0 Å². The van der Waals surface area contributed by atoms with Crippen LogP contribution in [0, 0.1) is 6.92 Å². The van der Waals surface area contributed by atoms with Gasteiger partial charge in [-0.05, 0) is 32.4 Å². The highest BCUT2D eigenvalue weighted by Crippen LogP contribution is 2.23. The SMILES string of the molecule is CCCC1=CC(CC)(NCC)N=C(Nc2ncc(C)s2)N1. The topological polar surface area (TPSA) is 61.3 Å². The predicted molar refractivity (Wildman–Crippen MR) is 90.7 cm³/mol. The van der Waals surface area contributed by atoms with Crippen LogP contribution in [-0.4, -0.2) is 23.2 Å². The van der Waals surface area contributed by atoms with Crippen LogP contribution in [-0.2, 0) is 0 Å². The second kappa shape index (κ2) is 7.04. The molecule has 0 spiro atoms. The number of anilines is 1. The van der Waals surface area contributed by atoms with Crippen LogP contribution in [0.3, 0.4) is 0 Å². The van der Waals surface area contributed by atoms with Crippen LogP contribution in [0.5, 0.6) is 0 Å². The number of thiazole rings is 1. The Morgan fingerprint density at radius 3 is 2.71 bits per heavy atom. The molecule has 1 aliphatic heterocycles. The number of aryl methyl sites for hydroxylation is 1. The van der Waals surface area contributed by atoms with Gasteiger partial charge in [-0.2, -0.15) is 0 Å². The second-order valence-electron chi connectivity index (χ2n) is 5.21. The van der Waals surface area contributed by atoms with Gasteiger partial charge < -0.3 is 10.6 Å². The van der Waals surface area contributed by atoms with E-state index in [2.05, 4.69) is 54.7 Å². The first kappa shape index (κ1) is 16.0. The van der Waals surface area contributed by atoms with Gasteiger partial charge in [0.1, 0.15) is 5.66 Å². The summed E-state index contributed by atoms with van der Waals surface area (Å²) in [5.41, 5.74) is 0.894. The molecule has 0 fully saturated rings. The smallest absolute Gasteiger partial charge is 0.204 e. The number of aromatic nitrogens is 1. The Labute approximate surface area is 131 Å². The average molecular weight is 307 g/mol. The zero-order valence-electron chi connectivity index (χ0n) is 13.3. The molecule has 21 heavy (non-hydrogen) atoms. The maximum absolute atomic E-state index is 4.83. The van der Waals surface area contributed by atoms with Crippen molar-refractivity contribution in [1.82, 2.24) is 15.6 Å². The summed E-state index contributed by atoms with van der Waals surface area (Å²) in [6.45, 7) is 9.39. The lowest BCUT2D eigenvalue weighted by Gasteiger charge is -2.33. The molecule has 0 aromatic carbocycles. The molecule has 2 rings (SSSR count). The Bertz CT molecular complexity index is 534. The first-order valence-corrected chi connectivity index (χ1v) is 8.45. The quantitative estimate of drug-likeness (QED) is 0.755. The van der Waals surface area contributed by atoms with E-state index < -0.39 is 0 Å². The van der Waals surface area contributed by atoms with E-state index in [4.69, 9.17) is 4.99 Å². The first-order valence-electron chi connectivity index (χ1n) is 7.64. The van der Waals surface area contributed by atoms with Gasteiger partial charge in [-0.15, -0.1) is 11.3 Å². The molecule has 0 saturated carbocycles. The molecule has 0 radical (unpaired) electrons. The van der Waals surface area contributed by atoms with Crippen molar-refractivity contribution in [1.29, 1.82) is 0 Å². The van der Waals surface area contributed by atoms with Crippen molar-refractivity contribution in [2.24, 2.45) is 4.99 Å². The molecule has 1 atom stereocenters. The van der Waals surface area contributed by atoms with Crippen molar-refractivity contribution in [2.45, 2.75) is 52.6 Å². The fourth-order valence-corrected chi connectivity index (χ4v) is 3.08. The molecule has 2 heterocycles. The molecule has 3 N–H and O–H groups in total. The number of hydrogen-bond acceptors (Lipinski definition) is 6. The number of allylic oxidation sites excluding steroid dienone is 1. The summed E-state index contributed by atoms with van der Waals surface area (Å²) in [5, 5.41) is 11.1. The summed E-state index contributed by atoms with van der Waals surface area (Å²) in [5.74, 6) is 0.776. The van der Waals surface area contributed by atoms with Crippen molar-refractivity contribution >= 4 is 22.4 Å². The number of guanidine groups is 1. The van der Waals surface area contributed by atoms with Crippen molar-refractivity contribution in [3.05, 3.63) is 22.8 Å². The van der Waals surface area contributed by atoms with Gasteiger partial charge in [0.25, 0.3) is 0 Å². The molecular formula is C15H25N5S. The van der Waals surface area contributed by atoms with Crippen LogP contribution in [0.15, 0.2) is 23.0 Å². The van der Waals surface area contributed by atoms with Gasteiger partial charge >= 0.3 is 0 Å². The van der Waals surface area contributed by atoms with Crippen molar-refractivity contribution in [3.8, 4) is 0 Å². The van der Waals surface area contributed by atoms with E-state index >= 15 is 0 Å². The van der Waals surface area contributed by atoms with Gasteiger partial charge in [-0.1, -0.05) is 27.2 Å². The molecule has 5 nitrogen and oxygen atoms in total. The predicted octanol–water partition coefficient (Wildman–Crippen LogP) is 3.22. The van der Waals surface area contributed by atoms with E-state index in [0.717, 1.165) is 36.9 Å². The van der Waals surface area contributed by atoms with Gasteiger partial charge in [-0.3, -0.25) is 5.32 Å². The van der Waals surface area contributed by atoms with E-state index in [1.807, 2.05) is 6.20 Å². The third-order valence-electron chi connectivity index (χ3n) is 3.39. The van der Waals surface area contributed by atoms with E-state index in [0.29, 0.717) is 0 Å². The minimum absolute atomic E-state index is 0.320. The largest absolute Gasteiger partial charge is 0.330 e. The van der Waals surface area contributed by atoms with Crippen LogP contribution in [0.1, 0.15) is 44.9 Å². The summed E-state index contributed by atoms with van der Waals surface area (Å²) in [4.78, 5) is 10.4. The zero-order chi connectivity index (χ0) is 15.3. The van der Waals surface area contributed by atoms with Gasteiger partial charge in [-0.25, -0.2) is 9.98 Å². The molecule has 1 aromatic heterocycles. The summed E-state index contributed by atoms with van der Waals surface area (Å²) < 4.78 is 0. The van der Waals surface area contributed by atoms with Gasteiger partial charge in [0.2, 0.25) is 5.96 Å². The number of hydrogen-bond donors (Lipinski definition) is 3. The third-order valence-corrected chi connectivity index (χ3v) is 4.22. The van der Waals surface area contributed by atoms with Crippen molar-refractivity contribution < 1.29 is 0 Å². The van der Waals surface area contributed by atoms with Gasteiger partial charge in [0.15, 0.2) is 5.13 Å². The molecule has 0 bridgehead atoms. The first-order chi connectivity index (χ1) is 10.1. The molecule has 6 heteroatoms. The molecule has 1 aliphatic rings. The van der Waals surface area contributed by atoms with Crippen molar-refractivity contribution in [2.75, 3.05) is 11.9 Å². The van der Waals surface area contributed by atoms with Crippen LogP contribution in [0.4, 0.5) is 5.13 Å². The molecule has 116 valence electrons. The zero-order valence-corrected chi connectivity index (χ0v) is 14.1. The molecule has 0 aliphatic carbocycles. The highest BCUT2D eigenvalue weighted by atomic mass is 32.1.